The molecule has 0 saturated heterocycles. The van der Waals surface area contributed by atoms with E-state index >= 15 is 0 Å². The van der Waals surface area contributed by atoms with Gasteiger partial charge in [0.25, 0.3) is 5.91 Å². The molecule has 6 nitrogen and oxygen atoms in total. The maximum absolute atomic E-state index is 12.0. The first-order valence-electron chi connectivity index (χ1n) is 7.94. The fraction of sp³-hybridized carbons (Fsp3) is 0.471. The predicted molar refractivity (Wildman–Crippen MR) is 88.1 cm³/mol. The van der Waals surface area contributed by atoms with E-state index < -0.39 is 6.10 Å². The molecule has 0 radical (unpaired) electrons. The molecular formula is C17H23N3O3. The molecule has 0 saturated carbocycles. The van der Waals surface area contributed by atoms with Crippen molar-refractivity contribution in [2.75, 3.05) is 13.1 Å². The topological polar surface area (TPSA) is 79.8 Å². The lowest BCUT2D eigenvalue weighted by Gasteiger charge is -2.09. The van der Waals surface area contributed by atoms with Crippen LogP contribution in [0.25, 0.3) is 0 Å². The van der Waals surface area contributed by atoms with Crippen LogP contribution >= 0.6 is 0 Å². The second-order valence-corrected chi connectivity index (χ2v) is 5.59. The van der Waals surface area contributed by atoms with Crippen LogP contribution < -0.4 is 10.6 Å². The summed E-state index contributed by atoms with van der Waals surface area (Å²) in [5, 5.41) is 9.48. The Morgan fingerprint density at radius 1 is 1.22 bits per heavy atom. The zero-order valence-electron chi connectivity index (χ0n) is 13.6. The highest BCUT2D eigenvalue weighted by atomic mass is 16.6. The van der Waals surface area contributed by atoms with Gasteiger partial charge in [0.05, 0.1) is 5.71 Å². The van der Waals surface area contributed by atoms with E-state index in [0.29, 0.717) is 19.5 Å². The van der Waals surface area contributed by atoms with E-state index in [9.17, 15) is 9.59 Å². The molecule has 0 aromatic heterocycles. The van der Waals surface area contributed by atoms with Gasteiger partial charge in [-0.1, -0.05) is 41.9 Å². The van der Waals surface area contributed by atoms with Crippen LogP contribution in [0.3, 0.4) is 0 Å². The van der Waals surface area contributed by atoms with E-state index in [-0.39, 0.29) is 18.2 Å². The number of oxime groups is 1. The number of nitrogens with one attached hydrogen (secondary N) is 2. The summed E-state index contributed by atoms with van der Waals surface area (Å²) < 4.78 is 0. The van der Waals surface area contributed by atoms with Crippen molar-refractivity contribution in [1.29, 1.82) is 0 Å². The summed E-state index contributed by atoms with van der Waals surface area (Å²) in [6, 6.07) is 7.94. The molecule has 0 fully saturated rings. The van der Waals surface area contributed by atoms with E-state index in [0.717, 1.165) is 17.7 Å². The van der Waals surface area contributed by atoms with Crippen LogP contribution in [-0.4, -0.2) is 36.7 Å². The average molecular weight is 317 g/mol. The van der Waals surface area contributed by atoms with Crippen LogP contribution in [0, 0.1) is 6.92 Å². The summed E-state index contributed by atoms with van der Waals surface area (Å²) >= 11 is 0. The monoisotopic (exact) mass is 317 g/mol. The van der Waals surface area contributed by atoms with Gasteiger partial charge in [-0.15, -0.1) is 0 Å². The van der Waals surface area contributed by atoms with Crippen molar-refractivity contribution in [3.63, 3.8) is 0 Å². The predicted octanol–water partition coefficient (Wildman–Crippen LogP) is 1.52. The molecule has 0 aliphatic carbocycles. The normalized spacial score (nSPS) is 16.4. The van der Waals surface area contributed by atoms with Crippen molar-refractivity contribution in [3.05, 3.63) is 35.4 Å². The summed E-state index contributed by atoms with van der Waals surface area (Å²) in [4.78, 5) is 28.7. The van der Waals surface area contributed by atoms with E-state index in [1.165, 1.54) is 5.56 Å². The lowest BCUT2D eigenvalue weighted by molar-refractivity contribution is -0.131. The van der Waals surface area contributed by atoms with E-state index in [1.807, 2.05) is 38.1 Å². The number of nitrogens with zero attached hydrogens (tertiary/aromatic N) is 1. The molecule has 2 amide bonds. The quantitative estimate of drug-likeness (QED) is 0.800. The highest BCUT2D eigenvalue weighted by Crippen LogP contribution is 2.17. The zero-order valence-corrected chi connectivity index (χ0v) is 13.6. The van der Waals surface area contributed by atoms with Gasteiger partial charge >= 0.3 is 0 Å². The Kier molecular flexibility index (Phi) is 6.14. The number of carbonyl (C=O) groups is 2. The molecule has 1 aromatic carbocycles. The van der Waals surface area contributed by atoms with Gasteiger partial charge in [-0.05, 0) is 18.9 Å². The first-order chi connectivity index (χ1) is 11.1. The van der Waals surface area contributed by atoms with Crippen molar-refractivity contribution in [1.82, 2.24) is 10.6 Å². The summed E-state index contributed by atoms with van der Waals surface area (Å²) in [5.74, 6) is -0.296. The Labute approximate surface area is 136 Å². The average Bonchev–Trinajstić information content (AvgIpc) is 3.03. The van der Waals surface area contributed by atoms with E-state index in [2.05, 4.69) is 15.8 Å². The van der Waals surface area contributed by atoms with Crippen LogP contribution in [-0.2, 0) is 14.4 Å². The highest BCUT2D eigenvalue weighted by Gasteiger charge is 2.28. The minimum atomic E-state index is -0.620. The van der Waals surface area contributed by atoms with Gasteiger partial charge in [-0.3, -0.25) is 9.59 Å². The third kappa shape index (κ3) is 5.09. The van der Waals surface area contributed by atoms with E-state index in [4.69, 9.17) is 4.84 Å². The Hall–Kier alpha value is -2.37. The molecule has 1 aliphatic rings. The molecule has 0 spiro atoms. The zero-order chi connectivity index (χ0) is 16.7. The minimum absolute atomic E-state index is 0.0592. The Balaban J connectivity index is 1.73. The standard InChI is InChI=1S/C17H23N3O3/c1-3-9-18-16(21)8-10-19-17(22)15-11-14(20-23-15)13-6-4-12(2)5-7-13/h4-7,15H,3,8-11H2,1-2H3,(H,18,21)(H,19,22). The van der Waals surface area contributed by atoms with Crippen molar-refractivity contribution in [2.45, 2.75) is 39.2 Å². The lowest BCUT2D eigenvalue weighted by atomic mass is 10.0. The van der Waals surface area contributed by atoms with E-state index in [1.54, 1.807) is 0 Å². The van der Waals surface area contributed by atoms with Crippen LogP contribution in [0.1, 0.15) is 37.3 Å². The van der Waals surface area contributed by atoms with Gasteiger partial charge in [0.15, 0.2) is 0 Å². The van der Waals surface area contributed by atoms with Crippen LogP contribution in [0.4, 0.5) is 0 Å². The highest BCUT2D eigenvalue weighted by molar-refractivity contribution is 6.04. The van der Waals surface area contributed by atoms with Crippen molar-refractivity contribution >= 4 is 17.5 Å². The molecule has 1 unspecified atom stereocenters. The van der Waals surface area contributed by atoms with Crippen molar-refractivity contribution < 1.29 is 14.4 Å². The second kappa shape index (κ2) is 8.31. The van der Waals surface area contributed by atoms with Gasteiger partial charge in [0.1, 0.15) is 0 Å². The summed E-state index contributed by atoms with van der Waals surface area (Å²) in [7, 11) is 0. The Morgan fingerprint density at radius 3 is 2.65 bits per heavy atom. The number of hydrogen-bond donors (Lipinski definition) is 2. The van der Waals surface area contributed by atoms with Crippen LogP contribution in [0.5, 0.6) is 0 Å². The number of amides is 2. The van der Waals surface area contributed by atoms with Crippen LogP contribution in [0.2, 0.25) is 0 Å². The molecule has 2 N–H and O–H groups in total. The molecule has 1 heterocycles. The SMILES string of the molecule is CCCNC(=O)CCNC(=O)C1CC(c2ccc(C)cc2)=NO1. The number of rotatable bonds is 7. The van der Waals surface area contributed by atoms with Gasteiger partial charge in [-0.2, -0.15) is 0 Å². The summed E-state index contributed by atoms with van der Waals surface area (Å²) in [6.45, 7) is 4.97. The smallest absolute Gasteiger partial charge is 0.264 e. The second-order valence-electron chi connectivity index (χ2n) is 5.59. The molecule has 0 bridgehead atoms. The number of aryl methyl sites for hydroxylation is 1. The van der Waals surface area contributed by atoms with Crippen molar-refractivity contribution in [3.8, 4) is 0 Å². The maximum atomic E-state index is 12.0. The Bertz CT molecular complexity index is 581. The minimum Gasteiger partial charge on any atom is -0.382 e. The largest absolute Gasteiger partial charge is 0.382 e. The molecule has 1 atom stereocenters. The third-order valence-electron chi connectivity index (χ3n) is 3.57. The molecule has 23 heavy (non-hydrogen) atoms. The van der Waals surface area contributed by atoms with Gasteiger partial charge in [0.2, 0.25) is 12.0 Å². The van der Waals surface area contributed by atoms with Crippen LogP contribution in [0.15, 0.2) is 29.4 Å². The van der Waals surface area contributed by atoms with Gasteiger partial charge < -0.3 is 15.5 Å². The maximum Gasteiger partial charge on any atom is 0.264 e. The fourth-order valence-corrected chi connectivity index (χ4v) is 2.20. The third-order valence-corrected chi connectivity index (χ3v) is 3.57. The summed E-state index contributed by atoms with van der Waals surface area (Å²) in [5.41, 5.74) is 2.90. The summed E-state index contributed by atoms with van der Waals surface area (Å²) in [6.07, 6.45) is 0.985. The molecule has 2 rings (SSSR count). The number of benzene rings is 1. The van der Waals surface area contributed by atoms with Crippen molar-refractivity contribution in [2.24, 2.45) is 5.16 Å². The first-order valence-corrected chi connectivity index (χ1v) is 7.94. The molecular weight excluding hydrogens is 294 g/mol. The van der Waals surface area contributed by atoms with Gasteiger partial charge in [-0.25, -0.2) is 0 Å². The number of carbonyl (C=O) groups excluding carboxylic acids is 2. The number of hydrogen-bond acceptors (Lipinski definition) is 4. The molecule has 1 aliphatic heterocycles. The van der Waals surface area contributed by atoms with Gasteiger partial charge in [0, 0.05) is 25.9 Å². The molecule has 1 aromatic rings. The molecule has 6 heteroatoms. The Morgan fingerprint density at radius 2 is 1.96 bits per heavy atom. The fourth-order valence-electron chi connectivity index (χ4n) is 2.20. The first kappa shape index (κ1) is 17.0. The lowest BCUT2D eigenvalue weighted by Crippen LogP contribution is -2.37. The molecule has 124 valence electrons.